The molecule has 0 aromatic heterocycles. The van der Waals surface area contributed by atoms with E-state index in [9.17, 15) is 14.4 Å². The van der Waals surface area contributed by atoms with Gasteiger partial charge in [0.05, 0.1) is 55.7 Å². The number of nitrogens with one attached hydrogen (secondary N) is 2. The minimum Gasteiger partial charge on any atom is -0.466 e. The number of ether oxygens (including phenoxy) is 3. The van der Waals surface area contributed by atoms with Gasteiger partial charge < -0.3 is 30.6 Å². The van der Waals surface area contributed by atoms with Crippen molar-refractivity contribution in [2.75, 3.05) is 33.5 Å². The highest BCUT2D eigenvalue weighted by Crippen LogP contribution is 2.41. The number of halogens is 1. The van der Waals surface area contributed by atoms with Crippen molar-refractivity contribution in [2.45, 2.75) is 32.7 Å². The molecule has 33 heavy (non-hydrogen) atoms. The normalized spacial score (nSPS) is 16.8. The zero-order valence-electron chi connectivity index (χ0n) is 19.2. The highest BCUT2D eigenvalue weighted by molar-refractivity contribution is 6.31. The minimum absolute atomic E-state index is 0.0352. The van der Waals surface area contributed by atoms with Crippen LogP contribution in [0.5, 0.6) is 0 Å². The predicted octanol–water partition coefficient (Wildman–Crippen LogP) is 1.77. The van der Waals surface area contributed by atoms with Crippen LogP contribution in [0, 0.1) is 0 Å². The molecule has 180 valence electrons. The van der Waals surface area contributed by atoms with Crippen molar-refractivity contribution >= 4 is 29.4 Å². The molecule has 0 radical (unpaired) electrons. The summed E-state index contributed by atoms with van der Waals surface area (Å²) >= 11 is 6.47. The first-order valence-electron chi connectivity index (χ1n) is 10.5. The smallest absolute Gasteiger partial charge is 0.336 e. The zero-order valence-corrected chi connectivity index (χ0v) is 20.0. The van der Waals surface area contributed by atoms with Gasteiger partial charge in [-0.3, -0.25) is 4.79 Å². The van der Waals surface area contributed by atoms with Gasteiger partial charge in [-0.2, -0.15) is 0 Å². The van der Waals surface area contributed by atoms with Gasteiger partial charge in [-0.1, -0.05) is 29.8 Å². The molecule has 2 rings (SSSR count). The molecule has 2 unspecified atom stereocenters. The maximum atomic E-state index is 13.1. The van der Waals surface area contributed by atoms with Gasteiger partial charge in [-0.05, 0) is 32.4 Å². The molecule has 0 saturated heterocycles. The maximum absolute atomic E-state index is 13.1. The number of amides is 1. The van der Waals surface area contributed by atoms with Crippen molar-refractivity contribution in [1.82, 2.24) is 10.6 Å². The Morgan fingerprint density at radius 2 is 1.91 bits per heavy atom. The monoisotopic (exact) mass is 479 g/mol. The molecule has 0 aliphatic carbocycles. The van der Waals surface area contributed by atoms with Crippen LogP contribution in [0.15, 0.2) is 46.8 Å². The van der Waals surface area contributed by atoms with E-state index in [4.69, 9.17) is 31.5 Å². The third-order valence-electron chi connectivity index (χ3n) is 5.13. The van der Waals surface area contributed by atoms with Gasteiger partial charge in [0.15, 0.2) is 0 Å². The average Bonchev–Trinajstić information content (AvgIpc) is 2.78. The molecule has 2 atom stereocenters. The van der Waals surface area contributed by atoms with Gasteiger partial charge >= 0.3 is 11.9 Å². The Labute approximate surface area is 198 Å². The van der Waals surface area contributed by atoms with Crippen LogP contribution < -0.4 is 16.4 Å². The quantitative estimate of drug-likeness (QED) is 0.323. The summed E-state index contributed by atoms with van der Waals surface area (Å²) in [4.78, 5) is 36.9. The first kappa shape index (κ1) is 26.4. The summed E-state index contributed by atoms with van der Waals surface area (Å²) in [7, 11) is 1.28. The summed E-state index contributed by atoms with van der Waals surface area (Å²) in [6, 6.07) is 6.49. The highest BCUT2D eigenvalue weighted by atomic mass is 35.5. The van der Waals surface area contributed by atoms with E-state index >= 15 is 0 Å². The van der Waals surface area contributed by atoms with Crippen LogP contribution in [0.25, 0.3) is 0 Å². The lowest BCUT2D eigenvalue weighted by molar-refractivity contribution is -0.139. The van der Waals surface area contributed by atoms with E-state index in [1.165, 1.54) is 7.11 Å². The Balaban J connectivity index is 2.42. The molecule has 1 aromatic carbocycles. The van der Waals surface area contributed by atoms with Gasteiger partial charge in [0.2, 0.25) is 5.91 Å². The van der Waals surface area contributed by atoms with Crippen molar-refractivity contribution in [3.63, 3.8) is 0 Å². The molecular formula is C23H30ClN3O6. The molecule has 9 nitrogen and oxygen atoms in total. The molecule has 0 saturated carbocycles. The van der Waals surface area contributed by atoms with Crippen molar-refractivity contribution < 1.29 is 28.6 Å². The Kier molecular flexibility index (Phi) is 9.90. The molecule has 0 fully saturated rings. The van der Waals surface area contributed by atoms with Gasteiger partial charge in [-0.15, -0.1) is 0 Å². The first-order valence-corrected chi connectivity index (χ1v) is 10.9. The topological polar surface area (TPSA) is 129 Å². The average molecular weight is 480 g/mol. The van der Waals surface area contributed by atoms with Crippen LogP contribution in [-0.2, 0) is 28.6 Å². The number of allylic oxidation sites excluding steroid dienone is 1. The largest absolute Gasteiger partial charge is 0.466 e. The number of esters is 2. The summed E-state index contributed by atoms with van der Waals surface area (Å²) in [6.45, 7) is 5.88. The second-order valence-electron chi connectivity index (χ2n) is 7.35. The van der Waals surface area contributed by atoms with E-state index in [0.717, 1.165) is 0 Å². The van der Waals surface area contributed by atoms with Crippen molar-refractivity contribution in [3.8, 4) is 0 Å². The second kappa shape index (κ2) is 12.4. The fourth-order valence-electron chi connectivity index (χ4n) is 3.48. The van der Waals surface area contributed by atoms with E-state index in [2.05, 4.69) is 10.6 Å². The number of hydrogen-bond donors (Lipinski definition) is 3. The maximum Gasteiger partial charge on any atom is 0.336 e. The molecule has 1 aliphatic rings. The standard InChI is InChI=1S/C23H30ClN3O6/c1-5-33-23(30)20-17(12-32-11-10-26-14(3)21(25)28)27-13(2)18(22(29)31-4)19(20)15-8-6-7-9-16(15)24/h6-9,14,19,26-27H,5,10-12H2,1-4H3,(H2,25,28). The molecule has 0 spiro atoms. The number of carbonyl (C=O) groups excluding carboxylic acids is 3. The van der Waals surface area contributed by atoms with E-state index in [1.807, 2.05) is 0 Å². The second-order valence-corrected chi connectivity index (χ2v) is 7.76. The third-order valence-corrected chi connectivity index (χ3v) is 5.48. The predicted molar refractivity (Wildman–Crippen MR) is 123 cm³/mol. The Bertz CT molecular complexity index is 959. The number of rotatable bonds is 11. The number of primary amides is 1. The van der Waals surface area contributed by atoms with Gasteiger partial charge in [0.1, 0.15) is 0 Å². The molecule has 4 N–H and O–H groups in total. The number of nitrogens with two attached hydrogens (primary N) is 1. The first-order chi connectivity index (χ1) is 15.7. The van der Waals surface area contributed by atoms with E-state index < -0.39 is 29.8 Å². The minimum atomic E-state index is -0.807. The van der Waals surface area contributed by atoms with Gasteiger partial charge in [0.25, 0.3) is 0 Å². The molecule has 1 amide bonds. The van der Waals surface area contributed by atoms with Crippen LogP contribution >= 0.6 is 11.6 Å². The summed E-state index contributed by atoms with van der Waals surface area (Å²) < 4.78 is 16.0. The Hall–Kier alpha value is -2.88. The van der Waals surface area contributed by atoms with Crippen LogP contribution in [0.3, 0.4) is 0 Å². The summed E-state index contributed by atoms with van der Waals surface area (Å²) in [5, 5.41) is 6.44. The zero-order chi connectivity index (χ0) is 24.5. The number of methoxy groups -OCH3 is 1. The summed E-state index contributed by atoms with van der Waals surface area (Å²) in [5.74, 6) is -2.45. The molecule has 10 heteroatoms. The lowest BCUT2D eigenvalue weighted by Crippen LogP contribution is -2.40. The third kappa shape index (κ3) is 6.56. The highest BCUT2D eigenvalue weighted by Gasteiger charge is 2.39. The number of benzene rings is 1. The van der Waals surface area contributed by atoms with Crippen LogP contribution in [-0.4, -0.2) is 57.4 Å². The van der Waals surface area contributed by atoms with E-state index in [1.54, 1.807) is 45.0 Å². The Morgan fingerprint density at radius 1 is 1.21 bits per heavy atom. The van der Waals surface area contributed by atoms with Crippen molar-refractivity contribution in [3.05, 3.63) is 57.4 Å². The van der Waals surface area contributed by atoms with E-state index in [0.29, 0.717) is 28.5 Å². The number of dihydropyridines is 1. The van der Waals surface area contributed by atoms with Gasteiger partial charge in [0, 0.05) is 17.3 Å². The van der Waals surface area contributed by atoms with Crippen LogP contribution in [0.1, 0.15) is 32.3 Å². The van der Waals surface area contributed by atoms with Crippen molar-refractivity contribution in [1.29, 1.82) is 0 Å². The number of carbonyl (C=O) groups is 3. The van der Waals surface area contributed by atoms with Crippen LogP contribution in [0.4, 0.5) is 0 Å². The lowest BCUT2D eigenvalue weighted by atomic mass is 9.80. The van der Waals surface area contributed by atoms with E-state index in [-0.39, 0.29) is 31.0 Å². The molecule has 1 heterocycles. The van der Waals surface area contributed by atoms with Gasteiger partial charge in [-0.25, -0.2) is 9.59 Å². The molecular weight excluding hydrogens is 450 g/mol. The molecule has 1 aromatic rings. The lowest BCUT2D eigenvalue weighted by Gasteiger charge is -2.31. The Morgan fingerprint density at radius 3 is 2.52 bits per heavy atom. The molecule has 1 aliphatic heterocycles. The SMILES string of the molecule is CCOC(=O)C1=C(COCCNC(C)C(N)=O)NC(C)=C(C(=O)OC)C1c1ccccc1Cl. The van der Waals surface area contributed by atoms with Crippen molar-refractivity contribution in [2.24, 2.45) is 5.73 Å². The fraction of sp³-hybridized carbons (Fsp3) is 0.435. The summed E-state index contributed by atoms with van der Waals surface area (Å²) in [5.41, 5.74) is 7.24. The summed E-state index contributed by atoms with van der Waals surface area (Å²) in [6.07, 6.45) is 0. The number of hydrogen-bond acceptors (Lipinski definition) is 8. The fourth-order valence-corrected chi connectivity index (χ4v) is 3.73. The molecule has 0 bridgehead atoms. The van der Waals surface area contributed by atoms with Crippen LogP contribution in [0.2, 0.25) is 5.02 Å².